The second kappa shape index (κ2) is 8.16. The summed E-state index contributed by atoms with van der Waals surface area (Å²) in [5.74, 6) is 1.31. The summed E-state index contributed by atoms with van der Waals surface area (Å²) in [5.41, 5.74) is 1.81. The van der Waals surface area contributed by atoms with Gasteiger partial charge in [-0.2, -0.15) is 0 Å². The molecule has 1 heterocycles. The van der Waals surface area contributed by atoms with E-state index in [1.807, 2.05) is 55.5 Å². The molecule has 5 heteroatoms. The molecule has 2 aromatic rings. The van der Waals surface area contributed by atoms with Gasteiger partial charge in [0, 0.05) is 5.56 Å². The van der Waals surface area contributed by atoms with Crippen LogP contribution in [0.15, 0.2) is 71.9 Å². The van der Waals surface area contributed by atoms with Gasteiger partial charge < -0.3 is 14.2 Å². The van der Waals surface area contributed by atoms with Crippen molar-refractivity contribution in [2.45, 2.75) is 6.92 Å². The van der Waals surface area contributed by atoms with Crippen LogP contribution < -0.4 is 9.47 Å². The predicted molar refractivity (Wildman–Crippen MR) is 100 cm³/mol. The maximum Gasteiger partial charge on any atom is 0.363 e. The minimum atomic E-state index is -0.471. The number of carbonyl (C=O) groups is 1. The summed E-state index contributed by atoms with van der Waals surface area (Å²) in [6.45, 7) is 6.57. The molecular formula is C21H19NO4. The predicted octanol–water partition coefficient (Wildman–Crippen LogP) is 3.99. The second-order valence-electron chi connectivity index (χ2n) is 5.46. The van der Waals surface area contributed by atoms with Crippen LogP contribution in [0.25, 0.3) is 6.08 Å². The van der Waals surface area contributed by atoms with Crippen LogP contribution in [0.3, 0.4) is 0 Å². The Morgan fingerprint density at radius 2 is 1.69 bits per heavy atom. The van der Waals surface area contributed by atoms with Crippen LogP contribution in [-0.2, 0) is 9.53 Å². The maximum atomic E-state index is 12.1. The van der Waals surface area contributed by atoms with Crippen molar-refractivity contribution in [2.75, 3.05) is 13.2 Å². The van der Waals surface area contributed by atoms with Crippen LogP contribution in [-0.4, -0.2) is 25.1 Å². The number of nitrogens with zero attached hydrogens (tertiary/aromatic N) is 1. The molecule has 0 N–H and O–H groups in total. The third-order valence-corrected chi connectivity index (χ3v) is 3.58. The molecular weight excluding hydrogens is 330 g/mol. The van der Waals surface area contributed by atoms with Gasteiger partial charge in [0.2, 0.25) is 5.90 Å². The zero-order chi connectivity index (χ0) is 18.4. The number of benzene rings is 2. The van der Waals surface area contributed by atoms with Gasteiger partial charge in [-0.1, -0.05) is 24.8 Å². The first kappa shape index (κ1) is 17.5. The van der Waals surface area contributed by atoms with E-state index in [4.69, 9.17) is 14.2 Å². The Bertz CT molecular complexity index is 849. The molecule has 0 fully saturated rings. The van der Waals surface area contributed by atoms with Crippen molar-refractivity contribution in [3.63, 3.8) is 0 Å². The number of hydrogen-bond acceptors (Lipinski definition) is 5. The van der Waals surface area contributed by atoms with Gasteiger partial charge in [0.25, 0.3) is 0 Å². The molecule has 0 atom stereocenters. The average Bonchev–Trinajstić information content (AvgIpc) is 3.02. The van der Waals surface area contributed by atoms with E-state index in [1.54, 1.807) is 12.2 Å². The molecule has 2 aromatic carbocycles. The summed E-state index contributed by atoms with van der Waals surface area (Å²) in [6, 6.07) is 14.6. The first-order chi connectivity index (χ1) is 12.7. The normalized spacial score (nSPS) is 14.7. The van der Waals surface area contributed by atoms with Crippen molar-refractivity contribution in [1.82, 2.24) is 0 Å². The van der Waals surface area contributed by atoms with E-state index in [0.717, 1.165) is 22.6 Å². The van der Waals surface area contributed by atoms with Gasteiger partial charge in [0.1, 0.15) is 18.1 Å². The maximum absolute atomic E-state index is 12.1. The molecule has 0 spiro atoms. The highest BCUT2D eigenvalue weighted by Gasteiger charge is 2.24. The van der Waals surface area contributed by atoms with Crippen molar-refractivity contribution < 1.29 is 19.0 Å². The number of rotatable bonds is 7. The van der Waals surface area contributed by atoms with Crippen molar-refractivity contribution >= 4 is 17.9 Å². The summed E-state index contributed by atoms with van der Waals surface area (Å²) in [5, 5.41) is 0. The van der Waals surface area contributed by atoms with Gasteiger partial charge in [0.15, 0.2) is 5.70 Å². The van der Waals surface area contributed by atoms with E-state index in [2.05, 4.69) is 11.6 Å². The van der Waals surface area contributed by atoms with E-state index in [-0.39, 0.29) is 11.6 Å². The summed E-state index contributed by atoms with van der Waals surface area (Å²) in [4.78, 5) is 16.4. The van der Waals surface area contributed by atoms with Gasteiger partial charge in [-0.05, 0) is 55.0 Å². The average molecular weight is 349 g/mol. The Morgan fingerprint density at radius 3 is 2.35 bits per heavy atom. The molecule has 0 aliphatic carbocycles. The Labute approximate surface area is 152 Å². The highest BCUT2D eigenvalue weighted by atomic mass is 16.6. The van der Waals surface area contributed by atoms with E-state index in [9.17, 15) is 4.79 Å². The molecule has 5 nitrogen and oxygen atoms in total. The third kappa shape index (κ3) is 4.19. The Kier molecular flexibility index (Phi) is 5.49. The molecule has 0 unspecified atom stereocenters. The van der Waals surface area contributed by atoms with Crippen LogP contribution in [0.1, 0.15) is 18.1 Å². The third-order valence-electron chi connectivity index (χ3n) is 3.58. The minimum Gasteiger partial charge on any atom is -0.494 e. The van der Waals surface area contributed by atoms with Crippen LogP contribution >= 0.6 is 0 Å². The van der Waals surface area contributed by atoms with Gasteiger partial charge in [0.05, 0.1) is 6.61 Å². The van der Waals surface area contributed by atoms with Crippen molar-refractivity contribution in [3.05, 3.63) is 78.0 Å². The Morgan fingerprint density at radius 1 is 1.04 bits per heavy atom. The number of carbonyl (C=O) groups excluding carboxylic acids is 1. The van der Waals surface area contributed by atoms with Crippen molar-refractivity contribution in [3.8, 4) is 11.5 Å². The second-order valence-corrected chi connectivity index (χ2v) is 5.46. The fourth-order valence-corrected chi connectivity index (χ4v) is 2.37. The SMILES string of the molecule is C=CCOc1ccc(/C=C2/N=C(c3ccc(OCC)cc3)OC2=O)cc1. The molecule has 0 bridgehead atoms. The zero-order valence-corrected chi connectivity index (χ0v) is 14.5. The topological polar surface area (TPSA) is 57.1 Å². The number of ether oxygens (including phenoxy) is 3. The van der Waals surface area contributed by atoms with Crippen molar-refractivity contribution in [1.29, 1.82) is 0 Å². The number of esters is 1. The highest BCUT2D eigenvalue weighted by Crippen LogP contribution is 2.22. The smallest absolute Gasteiger partial charge is 0.363 e. The zero-order valence-electron chi connectivity index (χ0n) is 14.5. The van der Waals surface area contributed by atoms with Gasteiger partial charge >= 0.3 is 5.97 Å². The summed E-state index contributed by atoms with van der Waals surface area (Å²) >= 11 is 0. The van der Waals surface area contributed by atoms with E-state index >= 15 is 0 Å². The van der Waals surface area contributed by atoms with Gasteiger partial charge in [-0.3, -0.25) is 0 Å². The molecule has 26 heavy (non-hydrogen) atoms. The summed E-state index contributed by atoms with van der Waals surface area (Å²) in [6.07, 6.45) is 3.36. The number of hydrogen-bond donors (Lipinski definition) is 0. The Hall–Kier alpha value is -3.34. The molecule has 3 rings (SSSR count). The lowest BCUT2D eigenvalue weighted by Gasteiger charge is -2.03. The molecule has 0 amide bonds. The minimum absolute atomic E-state index is 0.258. The van der Waals surface area contributed by atoms with Crippen molar-refractivity contribution in [2.24, 2.45) is 4.99 Å². The molecule has 1 aliphatic heterocycles. The lowest BCUT2D eigenvalue weighted by molar-refractivity contribution is -0.129. The fraction of sp³-hybridized carbons (Fsp3) is 0.143. The monoisotopic (exact) mass is 349 g/mol. The first-order valence-corrected chi connectivity index (χ1v) is 8.29. The van der Waals surface area contributed by atoms with Gasteiger partial charge in [-0.25, -0.2) is 9.79 Å². The lowest BCUT2D eigenvalue weighted by atomic mass is 10.2. The quantitative estimate of drug-likeness (QED) is 0.431. The molecule has 0 aromatic heterocycles. The molecule has 0 saturated heterocycles. The van der Waals surface area contributed by atoms with Crippen LogP contribution in [0.5, 0.6) is 11.5 Å². The lowest BCUT2D eigenvalue weighted by Crippen LogP contribution is -2.05. The van der Waals surface area contributed by atoms with Crippen LogP contribution in [0.2, 0.25) is 0 Å². The van der Waals surface area contributed by atoms with E-state index < -0.39 is 5.97 Å². The highest BCUT2D eigenvalue weighted by molar-refractivity contribution is 6.12. The van der Waals surface area contributed by atoms with E-state index in [1.165, 1.54) is 0 Å². The largest absolute Gasteiger partial charge is 0.494 e. The number of aliphatic imine (C=N–C) groups is 1. The summed E-state index contributed by atoms with van der Waals surface area (Å²) in [7, 11) is 0. The fourth-order valence-electron chi connectivity index (χ4n) is 2.37. The summed E-state index contributed by atoms with van der Waals surface area (Å²) < 4.78 is 16.1. The van der Waals surface area contributed by atoms with Crippen LogP contribution in [0.4, 0.5) is 0 Å². The molecule has 132 valence electrons. The number of cyclic esters (lactones) is 1. The first-order valence-electron chi connectivity index (χ1n) is 8.29. The van der Waals surface area contributed by atoms with E-state index in [0.29, 0.717) is 13.2 Å². The van der Waals surface area contributed by atoms with Gasteiger partial charge in [-0.15, -0.1) is 0 Å². The molecule has 0 saturated carbocycles. The standard InChI is InChI=1S/C21H19NO4/c1-3-13-25-18-9-5-15(6-10-18)14-19-21(23)26-20(22-19)16-7-11-17(12-8-16)24-4-2/h3,5-12,14H,1,4,13H2,2H3/b19-14+. The van der Waals surface area contributed by atoms with Crippen LogP contribution in [0, 0.1) is 0 Å². The molecule has 0 radical (unpaired) electrons. The molecule has 1 aliphatic rings. The Balaban J connectivity index is 1.76.